The molecule has 10 heteroatoms. The molecule has 0 spiro atoms. The van der Waals surface area contributed by atoms with Crippen LogP contribution >= 0.6 is 22.9 Å². The van der Waals surface area contributed by atoms with Gasteiger partial charge in [0.05, 0.1) is 16.3 Å². The molecular formula is C16H13ClN6O2S. The van der Waals surface area contributed by atoms with Crippen LogP contribution in [0.4, 0.5) is 5.69 Å². The molecule has 2 amide bonds. The van der Waals surface area contributed by atoms with Gasteiger partial charge in [-0.05, 0) is 52.9 Å². The molecule has 1 aromatic carbocycles. The van der Waals surface area contributed by atoms with E-state index in [1.54, 1.807) is 29.6 Å². The number of amides is 2. The minimum absolute atomic E-state index is 0.199. The number of nitrogens with zero attached hydrogens (tertiary/aromatic N) is 4. The fourth-order valence-electron chi connectivity index (χ4n) is 2.38. The van der Waals surface area contributed by atoms with E-state index in [2.05, 4.69) is 26.2 Å². The number of rotatable bonds is 5. The highest BCUT2D eigenvalue weighted by Crippen LogP contribution is 2.26. The van der Waals surface area contributed by atoms with Crippen molar-refractivity contribution in [3.8, 4) is 5.69 Å². The van der Waals surface area contributed by atoms with E-state index in [1.165, 1.54) is 22.3 Å². The number of halogens is 1. The summed E-state index contributed by atoms with van der Waals surface area (Å²) < 4.78 is 1.42. The van der Waals surface area contributed by atoms with Crippen molar-refractivity contribution in [1.29, 1.82) is 0 Å². The van der Waals surface area contributed by atoms with Gasteiger partial charge < -0.3 is 10.6 Å². The van der Waals surface area contributed by atoms with Crippen molar-refractivity contribution < 1.29 is 9.59 Å². The van der Waals surface area contributed by atoms with Gasteiger partial charge in [-0.3, -0.25) is 9.59 Å². The summed E-state index contributed by atoms with van der Waals surface area (Å²) in [5.74, 6) is -0.508. The predicted molar refractivity (Wildman–Crippen MR) is 96.9 cm³/mol. The van der Waals surface area contributed by atoms with Crippen LogP contribution in [0, 0.1) is 0 Å². The van der Waals surface area contributed by atoms with Crippen LogP contribution in [0.2, 0.25) is 5.02 Å². The minimum atomic E-state index is -0.309. The van der Waals surface area contributed by atoms with Gasteiger partial charge in [-0.25, -0.2) is 0 Å². The van der Waals surface area contributed by atoms with E-state index in [0.717, 1.165) is 12.8 Å². The van der Waals surface area contributed by atoms with Gasteiger partial charge in [-0.15, -0.1) is 16.4 Å². The van der Waals surface area contributed by atoms with Gasteiger partial charge in [0.15, 0.2) is 0 Å². The molecule has 132 valence electrons. The maximum Gasteiger partial charge on any atom is 0.267 e. The molecule has 0 aliphatic heterocycles. The summed E-state index contributed by atoms with van der Waals surface area (Å²) in [6.07, 6.45) is 3.42. The molecular weight excluding hydrogens is 376 g/mol. The van der Waals surface area contributed by atoms with E-state index in [9.17, 15) is 9.59 Å². The zero-order valence-corrected chi connectivity index (χ0v) is 14.9. The molecule has 0 radical (unpaired) electrons. The summed E-state index contributed by atoms with van der Waals surface area (Å²) in [4.78, 5) is 25.1. The Bertz CT molecular complexity index is 967. The highest BCUT2D eigenvalue weighted by Gasteiger charge is 2.25. The van der Waals surface area contributed by atoms with Gasteiger partial charge in [0.2, 0.25) is 0 Å². The maximum atomic E-state index is 12.6. The van der Waals surface area contributed by atoms with Crippen molar-refractivity contribution in [3.05, 3.63) is 51.4 Å². The Morgan fingerprint density at radius 3 is 2.77 bits per heavy atom. The Morgan fingerprint density at radius 2 is 2.08 bits per heavy atom. The quantitative estimate of drug-likeness (QED) is 0.699. The van der Waals surface area contributed by atoms with Crippen molar-refractivity contribution >= 4 is 40.4 Å². The molecule has 1 aliphatic rings. The zero-order chi connectivity index (χ0) is 18.1. The standard InChI is InChI=1S/C16H13ClN6O2S/c17-12-7-10(3-4-11(12)15(24)19-9-1-2-9)20-16(25)14-13(5-6-26-14)23-8-18-21-22-23/h3-9H,1-2H2,(H,19,24)(H,20,25). The number of carbonyl (C=O) groups excluding carboxylic acids is 2. The van der Waals surface area contributed by atoms with E-state index >= 15 is 0 Å². The molecule has 2 aromatic heterocycles. The number of nitrogens with one attached hydrogen (secondary N) is 2. The van der Waals surface area contributed by atoms with Crippen molar-refractivity contribution in [1.82, 2.24) is 25.5 Å². The molecule has 1 fully saturated rings. The summed E-state index contributed by atoms with van der Waals surface area (Å²) in [5, 5.41) is 18.7. The number of hydrogen-bond acceptors (Lipinski definition) is 6. The molecule has 1 saturated carbocycles. The number of carbonyl (C=O) groups is 2. The first kappa shape index (κ1) is 16.7. The summed E-state index contributed by atoms with van der Waals surface area (Å²) in [6.45, 7) is 0. The first-order valence-electron chi connectivity index (χ1n) is 7.84. The molecule has 0 atom stereocenters. The normalized spacial score (nSPS) is 13.4. The topological polar surface area (TPSA) is 102 Å². The van der Waals surface area contributed by atoms with Gasteiger partial charge in [0.25, 0.3) is 11.8 Å². The third-order valence-electron chi connectivity index (χ3n) is 3.83. The number of benzene rings is 1. The Morgan fingerprint density at radius 1 is 1.23 bits per heavy atom. The molecule has 0 saturated heterocycles. The van der Waals surface area contributed by atoms with Gasteiger partial charge >= 0.3 is 0 Å². The van der Waals surface area contributed by atoms with Crippen LogP contribution in [-0.2, 0) is 0 Å². The van der Waals surface area contributed by atoms with Crippen molar-refractivity contribution in [3.63, 3.8) is 0 Å². The van der Waals surface area contributed by atoms with Gasteiger partial charge in [0, 0.05) is 11.7 Å². The van der Waals surface area contributed by atoms with E-state index in [0.29, 0.717) is 21.8 Å². The second-order valence-corrected chi connectivity index (χ2v) is 7.11. The van der Waals surface area contributed by atoms with E-state index < -0.39 is 0 Å². The molecule has 3 aromatic rings. The lowest BCUT2D eigenvalue weighted by atomic mass is 10.2. The third-order valence-corrected chi connectivity index (χ3v) is 5.05. The molecule has 2 heterocycles. The SMILES string of the molecule is O=C(NC1CC1)c1ccc(NC(=O)c2sccc2-n2cnnn2)cc1Cl. The molecule has 0 bridgehead atoms. The van der Waals surface area contributed by atoms with Crippen LogP contribution in [-0.4, -0.2) is 38.1 Å². The van der Waals surface area contributed by atoms with Gasteiger partial charge in [-0.2, -0.15) is 4.68 Å². The average Bonchev–Trinajstić information content (AvgIpc) is 3.10. The van der Waals surface area contributed by atoms with Crippen LogP contribution < -0.4 is 10.6 Å². The summed E-state index contributed by atoms with van der Waals surface area (Å²) in [6, 6.07) is 6.82. The highest BCUT2D eigenvalue weighted by atomic mass is 35.5. The summed E-state index contributed by atoms with van der Waals surface area (Å²) >= 11 is 7.48. The van der Waals surface area contributed by atoms with Crippen LogP contribution in [0.3, 0.4) is 0 Å². The van der Waals surface area contributed by atoms with E-state index in [-0.39, 0.29) is 22.9 Å². The lowest BCUT2D eigenvalue weighted by Crippen LogP contribution is -2.25. The molecule has 26 heavy (non-hydrogen) atoms. The molecule has 2 N–H and O–H groups in total. The van der Waals surface area contributed by atoms with Crippen LogP contribution in [0.1, 0.15) is 32.9 Å². The average molecular weight is 389 g/mol. The lowest BCUT2D eigenvalue weighted by Gasteiger charge is -2.09. The number of tetrazole rings is 1. The fourth-order valence-corrected chi connectivity index (χ4v) is 3.42. The van der Waals surface area contributed by atoms with Crippen molar-refractivity contribution in [2.75, 3.05) is 5.32 Å². The minimum Gasteiger partial charge on any atom is -0.349 e. The Hall–Kier alpha value is -2.78. The third kappa shape index (κ3) is 3.44. The van der Waals surface area contributed by atoms with Crippen molar-refractivity contribution in [2.45, 2.75) is 18.9 Å². The van der Waals surface area contributed by atoms with E-state index in [4.69, 9.17) is 11.6 Å². The number of aromatic nitrogens is 4. The molecule has 1 aliphatic carbocycles. The molecule has 0 unspecified atom stereocenters. The predicted octanol–water partition coefficient (Wildman–Crippen LogP) is 2.52. The second kappa shape index (κ2) is 6.85. The zero-order valence-electron chi connectivity index (χ0n) is 13.3. The van der Waals surface area contributed by atoms with Crippen molar-refractivity contribution in [2.24, 2.45) is 0 Å². The summed E-state index contributed by atoms with van der Waals surface area (Å²) in [5.41, 5.74) is 1.48. The lowest BCUT2D eigenvalue weighted by molar-refractivity contribution is 0.0950. The van der Waals surface area contributed by atoms with Gasteiger partial charge in [-0.1, -0.05) is 11.6 Å². The first-order chi connectivity index (χ1) is 12.6. The Labute approximate surface area is 157 Å². The Kier molecular flexibility index (Phi) is 4.39. The van der Waals surface area contributed by atoms with Crippen LogP contribution in [0.15, 0.2) is 36.0 Å². The van der Waals surface area contributed by atoms with E-state index in [1.807, 2.05) is 0 Å². The fraction of sp³-hybridized carbons (Fsp3) is 0.188. The smallest absolute Gasteiger partial charge is 0.267 e. The Balaban J connectivity index is 1.51. The van der Waals surface area contributed by atoms with Crippen LogP contribution in [0.25, 0.3) is 5.69 Å². The highest BCUT2D eigenvalue weighted by molar-refractivity contribution is 7.12. The molecule has 4 rings (SSSR count). The van der Waals surface area contributed by atoms with Gasteiger partial charge in [0.1, 0.15) is 11.2 Å². The first-order valence-corrected chi connectivity index (χ1v) is 9.10. The maximum absolute atomic E-state index is 12.6. The largest absolute Gasteiger partial charge is 0.349 e. The second-order valence-electron chi connectivity index (χ2n) is 5.79. The number of anilines is 1. The van der Waals surface area contributed by atoms with Crippen LogP contribution in [0.5, 0.6) is 0 Å². The summed E-state index contributed by atoms with van der Waals surface area (Å²) in [7, 11) is 0. The molecule has 8 nitrogen and oxygen atoms in total. The monoisotopic (exact) mass is 388 g/mol. The number of hydrogen-bond donors (Lipinski definition) is 2. The number of thiophene rings is 1.